The highest BCUT2D eigenvalue weighted by molar-refractivity contribution is 5.78. The molecule has 2 aromatic rings. The summed E-state index contributed by atoms with van der Waals surface area (Å²) in [7, 11) is 0. The fourth-order valence-corrected chi connectivity index (χ4v) is 2.34. The summed E-state index contributed by atoms with van der Waals surface area (Å²) >= 11 is 0. The average Bonchev–Trinajstić information content (AvgIpc) is 2.87. The summed E-state index contributed by atoms with van der Waals surface area (Å²) in [5.41, 5.74) is 1.78. The Labute approximate surface area is 138 Å². The largest absolute Gasteiger partial charge is 0.444 e. The van der Waals surface area contributed by atoms with Crippen LogP contribution in [0.2, 0.25) is 0 Å². The van der Waals surface area contributed by atoms with E-state index in [0.29, 0.717) is 24.7 Å². The maximum Gasteiger partial charge on any atom is 0.230 e. The molecule has 1 aromatic heterocycles. The van der Waals surface area contributed by atoms with Crippen LogP contribution in [-0.2, 0) is 23.2 Å². The lowest BCUT2D eigenvalue weighted by Crippen LogP contribution is -2.31. The van der Waals surface area contributed by atoms with Crippen LogP contribution >= 0.6 is 0 Å². The maximum absolute atomic E-state index is 12.6. The van der Waals surface area contributed by atoms with Gasteiger partial charge in [0.2, 0.25) is 5.91 Å². The number of amides is 1. The van der Waals surface area contributed by atoms with Crippen LogP contribution in [0, 0.1) is 6.92 Å². The minimum absolute atomic E-state index is 0.0658. The first-order valence-corrected chi connectivity index (χ1v) is 8.09. The zero-order chi connectivity index (χ0) is 17.0. The normalized spacial score (nSPS) is 11.5. The number of hydrogen-bond acceptors (Lipinski definition) is 3. The molecule has 0 aliphatic carbocycles. The van der Waals surface area contributed by atoms with Crippen LogP contribution in [0.3, 0.4) is 0 Å². The number of carbonyl (C=O) groups is 1. The predicted molar refractivity (Wildman–Crippen MR) is 91.2 cm³/mol. The third kappa shape index (κ3) is 4.44. The molecular weight excluding hydrogens is 288 g/mol. The van der Waals surface area contributed by atoms with Crippen LogP contribution in [0.4, 0.5) is 0 Å². The predicted octanol–water partition coefficient (Wildman–Crippen LogP) is 3.87. The van der Waals surface area contributed by atoms with Crippen molar-refractivity contribution in [2.45, 2.75) is 53.0 Å². The van der Waals surface area contributed by atoms with E-state index in [1.54, 1.807) is 0 Å². The summed E-state index contributed by atoms with van der Waals surface area (Å²) in [6, 6.07) is 10.0. The van der Waals surface area contributed by atoms with Crippen LogP contribution in [0.5, 0.6) is 0 Å². The molecule has 0 radical (unpaired) electrons. The van der Waals surface area contributed by atoms with Crippen molar-refractivity contribution in [1.29, 1.82) is 0 Å². The molecule has 1 aromatic carbocycles. The second kappa shape index (κ2) is 6.99. The fourth-order valence-electron chi connectivity index (χ4n) is 2.34. The molecule has 2 rings (SSSR count). The summed E-state index contributed by atoms with van der Waals surface area (Å²) in [5, 5.41) is 0. The molecule has 0 N–H and O–H groups in total. The van der Waals surface area contributed by atoms with Crippen LogP contribution in [0.1, 0.15) is 50.6 Å². The fraction of sp³-hybridized carbons (Fsp3) is 0.474. The SMILES string of the molecule is CCN(Cc1ccccc1)C(=O)Cc1oc(C(C)(C)C)nc1C. The zero-order valence-electron chi connectivity index (χ0n) is 14.7. The van der Waals surface area contributed by atoms with Crippen molar-refractivity contribution in [2.75, 3.05) is 6.54 Å². The molecule has 4 nitrogen and oxygen atoms in total. The highest BCUT2D eigenvalue weighted by Gasteiger charge is 2.24. The van der Waals surface area contributed by atoms with E-state index in [1.165, 1.54) is 0 Å². The van der Waals surface area contributed by atoms with Crippen LogP contribution in [0.25, 0.3) is 0 Å². The van der Waals surface area contributed by atoms with E-state index in [0.717, 1.165) is 11.3 Å². The molecule has 0 saturated heterocycles. The number of benzene rings is 1. The van der Waals surface area contributed by atoms with E-state index in [9.17, 15) is 4.79 Å². The van der Waals surface area contributed by atoms with Crippen LogP contribution in [0.15, 0.2) is 34.7 Å². The number of aromatic nitrogens is 1. The Hall–Kier alpha value is -2.10. The van der Waals surface area contributed by atoms with Gasteiger partial charge in [0.15, 0.2) is 5.89 Å². The van der Waals surface area contributed by atoms with E-state index in [1.807, 2.05) is 49.1 Å². The van der Waals surface area contributed by atoms with Crippen molar-refractivity contribution in [2.24, 2.45) is 0 Å². The number of likely N-dealkylation sites (N-methyl/N-ethyl adjacent to an activating group) is 1. The molecule has 0 fully saturated rings. The van der Waals surface area contributed by atoms with Gasteiger partial charge in [-0.15, -0.1) is 0 Å². The molecule has 0 atom stereocenters. The van der Waals surface area contributed by atoms with Crippen molar-refractivity contribution < 1.29 is 9.21 Å². The van der Waals surface area contributed by atoms with Gasteiger partial charge in [0.05, 0.1) is 12.1 Å². The topological polar surface area (TPSA) is 46.3 Å². The smallest absolute Gasteiger partial charge is 0.230 e. The summed E-state index contributed by atoms with van der Waals surface area (Å²) in [6.07, 6.45) is 0.260. The second-order valence-corrected chi connectivity index (χ2v) is 6.85. The number of hydrogen-bond donors (Lipinski definition) is 0. The van der Waals surface area contributed by atoms with Gasteiger partial charge in [-0.3, -0.25) is 4.79 Å². The van der Waals surface area contributed by atoms with Crippen molar-refractivity contribution in [1.82, 2.24) is 9.88 Å². The van der Waals surface area contributed by atoms with Gasteiger partial charge < -0.3 is 9.32 Å². The van der Waals surface area contributed by atoms with Crippen LogP contribution < -0.4 is 0 Å². The van der Waals surface area contributed by atoms with E-state index in [4.69, 9.17) is 4.42 Å². The standard InChI is InChI=1S/C19H26N2O2/c1-6-21(13-15-10-8-7-9-11-15)17(22)12-16-14(2)20-18(23-16)19(3,4)5/h7-11H,6,12-13H2,1-5H3. The van der Waals surface area contributed by atoms with Gasteiger partial charge in [-0.1, -0.05) is 51.1 Å². The molecule has 0 saturated carbocycles. The molecule has 0 aliphatic rings. The van der Waals surface area contributed by atoms with Gasteiger partial charge in [-0.2, -0.15) is 0 Å². The minimum Gasteiger partial charge on any atom is -0.444 e. The summed E-state index contributed by atoms with van der Waals surface area (Å²) in [4.78, 5) is 18.9. The first kappa shape index (κ1) is 17.3. The quantitative estimate of drug-likeness (QED) is 0.841. The van der Waals surface area contributed by atoms with Gasteiger partial charge in [-0.25, -0.2) is 4.98 Å². The molecule has 23 heavy (non-hydrogen) atoms. The third-order valence-corrected chi connectivity index (χ3v) is 3.80. The molecule has 0 bridgehead atoms. The summed E-state index contributed by atoms with van der Waals surface area (Å²) in [6.45, 7) is 11.3. The summed E-state index contributed by atoms with van der Waals surface area (Å²) < 4.78 is 5.84. The van der Waals surface area contributed by atoms with Crippen molar-refractivity contribution in [3.05, 3.63) is 53.2 Å². The lowest BCUT2D eigenvalue weighted by molar-refractivity contribution is -0.131. The van der Waals surface area contributed by atoms with Gasteiger partial charge in [0, 0.05) is 18.5 Å². The Morgan fingerprint density at radius 2 is 1.87 bits per heavy atom. The Bertz CT molecular complexity index is 654. The Morgan fingerprint density at radius 1 is 1.22 bits per heavy atom. The lowest BCUT2D eigenvalue weighted by Gasteiger charge is -2.20. The highest BCUT2D eigenvalue weighted by atomic mass is 16.4. The van der Waals surface area contributed by atoms with Crippen molar-refractivity contribution >= 4 is 5.91 Å². The molecule has 124 valence electrons. The molecule has 0 spiro atoms. The maximum atomic E-state index is 12.6. The number of oxazole rings is 1. The minimum atomic E-state index is -0.152. The second-order valence-electron chi connectivity index (χ2n) is 6.85. The Kier molecular flexibility index (Phi) is 5.24. The van der Waals surface area contributed by atoms with Crippen molar-refractivity contribution in [3.8, 4) is 0 Å². The first-order chi connectivity index (χ1) is 10.8. The van der Waals surface area contributed by atoms with Gasteiger partial charge >= 0.3 is 0 Å². The number of carbonyl (C=O) groups excluding carboxylic acids is 1. The van der Waals surface area contributed by atoms with E-state index < -0.39 is 0 Å². The first-order valence-electron chi connectivity index (χ1n) is 8.09. The van der Waals surface area contributed by atoms with Crippen LogP contribution in [-0.4, -0.2) is 22.3 Å². The molecule has 0 aliphatic heterocycles. The Balaban J connectivity index is 2.09. The van der Waals surface area contributed by atoms with Crippen molar-refractivity contribution in [3.63, 3.8) is 0 Å². The van der Waals surface area contributed by atoms with Gasteiger partial charge in [0.1, 0.15) is 5.76 Å². The highest BCUT2D eigenvalue weighted by Crippen LogP contribution is 2.24. The molecule has 1 amide bonds. The molecular formula is C19H26N2O2. The van der Waals surface area contributed by atoms with E-state index >= 15 is 0 Å². The number of aryl methyl sites for hydroxylation is 1. The number of nitrogens with zero attached hydrogens (tertiary/aromatic N) is 2. The third-order valence-electron chi connectivity index (χ3n) is 3.80. The number of rotatable bonds is 5. The summed E-state index contributed by atoms with van der Waals surface area (Å²) in [5.74, 6) is 1.42. The van der Waals surface area contributed by atoms with Gasteiger partial charge in [-0.05, 0) is 19.4 Å². The lowest BCUT2D eigenvalue weighted by atomic mass is 9.97. The van der Waals surface area contributed by atoms with E-state index in [2.05, 4.69) is 25.8 Å². The monoisotopic (exact) mass is 314 g/mol. The Morgan fingerprint density at radius 3 is 2.39 bits per heavy atom. The zero-order valence-corrected chi connectivity index (χ0v) is 14.7. The van der Waals surface area contributed by atoms with E-state index in [-0.39, 0.29) is 17.7 Å². The molecule has 4 heteroatoms. The molecule has 0 unspecified atom stereocenters. The molecule has 1 heterocycles. The van der Waals surface area contributed by atoms with Gasteiger partial charge in [0.25, 0.3) is 0 Å². The average molecular weight is 314 g/mol.